The zero-order valence-electron chi connectivity index (χ0n) is 12.9. The monoisotopic (exact) mass is 439 g/mol. The molecule has 0 aliphatic carbocycles. The summed E-state index contributed by atoms with van der Waals surface area (Å²) < 4.78 is 3.39. The molecule has 126 valence electrons. The summed E-state index contributed by atoms with van der Waals surface area (Å²) in [5, 5.41) is 1.82. The van der Waals surface area contributed by atoms with Gasteiger partial charge < -0.3 is 0 Å². The topological polar surface area (TPSA) is 66.0 Å². The van der Waals surface area contributed by atoms with Crippen molar-refractivity contribution in [3.63, 3.8) is 0 Å². The van der Waals surface area contributed by atoms with Crippen LogP contribution in [0.1, 0.15) is 38.5 Å². The second kappa shape index (κ2) is 10.2. The Labute approximate surface area is 146 Å². The van der Waals surface area contributed by atoms with Crippen molar-refractivity contribution in [3.8, 4) is 0 Å². The Bertz CT molecular complexity index is 583. The largest absolute Gasteiger partial charge is 0.336 e. The Hall–Kier alpha value is -0.630. The van der Waals surface area contributed by atoms with Gasteiger partial charge in [0.2, 0.25) is 0 Å². The fourth-order valence-electron chi connectivity index (χ4n) is 2.22. The van der Waals surface area contributed by atoms with Crippen LogP contribution < -0.4 is 17.1 Å². The van der Waals surface area contributed by atoms with E-state index in [1.54, 1.807) is 0 Å². The smallest absolute Gasteiger partial charge is 0.248 e. The quantitative estimate of drug-likeness (QED) is 0.411. The highest BCUT2D eigenvalue weighted by atomic mass is 79.9. The third-order valence-electron chi connectivity index (χ3n) is 3.53. The second-order valence-corrected chi connectivity index (χ2v) is 6.80. The van der Waals surface area contributed by atoms with E-state index in [0.29, 0.717) is 13.1 Å². The van der Waals surface area contributed by atoms with Crippen LogP contribution in [0, 0.1) is 0 Å². The molecule has 1 aromatic heterocycles. The number of aromatic nitrogens is 3. The molecule has 0 bridgehead atoms. The lowest BCUT2D eigenvalue weighted by atomic mass is 10.2. The lowest BCUT2D eigenvalue weighted by Crippen LogP contribution is -2.53. The van der Waals surface area contributed by atoms with Gasteiger partial charge in [-0.25, -0.2) is 28.1 Å². The normalized spacial score (nSPS) is 11.0. The van der Waals surface area contributed by atoms with Gasteiger partial charge >= 0.3 is 17.1 Å². The zero-order valence-corrected chi connectivity index (χ0v) is 16.1. The maximum atomic E-state index is 12.4. The number of rotatable bonds is 10. The summed E-state index contributed by atoms with van der Waals surface area (Å²) >= 11 is 6.71. The Morgan fingerprint density at radius 2 is 1.09 bits per heavy atom. The molecule has 0 saturated heterocycles. The van der Waals surface area contributed by atoms with E-state index < -0.39 is 17.1 Å². The summed E-state index contributed by atoms with van der Waals surface area (Å²) in [5.74, 6) is 0. The van der Waals surface area contributed by atoms with E-state index in [4.69, 9.17) is 0 Å². The van der Waals surface area contributed by atoms with Crippen LogP contribution in [0.3, 0.4) is 0 Å². The molecule has 0 aromatic carbocycles. The van der Waals surface area contributed by atoms with Gasteiger partial charge in [-0.1, -0.05) is 44.7 Å². The number of hydrogen-bond donors (Lipinski definition) is 0. The molecule has 0 amide bonds. The maximum Gasteiger partial charge on any atom is 0.336 e. The molecule has 22 heavy (non-hydrogen) atoms. The van der Waals surface area contributed by atoms with E-state index in [0.717, 1.165) is 53.8 Å². The molecule has 1 rings (SSSR count). The summed E-state index contributed by atoms with van der Waals surface area (Å²) in [4.78, 5) is 36.6. The van der Waals surface area contributed by atoms with Gasteiger partial charge in [0.1, 0.15) is 0 Å². The van der Waals surface area contributed by atoms with Crippen LogP contribution in [0.25, 0.3) is 0 Å². The van der Waals surface area contributed by atoms with E-state index in [9.17, 15) is 14.4 Å². The summed E-state index contributed by atoms with van der Waals surface area (Å²) in [5.41, 5.74) is -1.53. The highest BCUT2D eigenvalue weighted by molar-refractivity contribution is 9.09. The lowest BCUT2D eigenvalue weighted by molar-refractivity contribution is 0.445. The number of unbranched alkanes of at least 4 members (excludes halogenated alkanes) is 4. The van der Waals surface area contributed by atoms with Crippen LogP contribution in [0.5, 0.6) is 0 Å². The highest BCUT2D eigenvalue weighted by Crippen LogP contribution is 2.00. The van der Waals surface area contributed by atoms with Gasteiger partial charge in [0.15, 0.2) is 0 Å². The molecule has 1 heterocycles. The molecule has 0 fully saturated rings. The number of alkyl halides is 2. The molecule has 8 heteroatoms. The van der Waals surface area contributed by atoms with Crippen LogP contribution in [0.2, 0.25) is 0 Å². The van der Waals surface area contributed by atoms with E-state index in [1.165, 1.54) is 16.2 Å². The highest BCUT2D eigenvalue weighted by Gasteiger charge is 2.12. The van der Waals surface area contributed by atoms with E-state index in [-0.39, 0.29) is 0 Å². The summed E-state index contributed by atoms with van der Waals surface area (Å²) in [7, 11) is 1.42. The van der Waals surface area contributed by atoms with Gasteiger partial charge in [-0.2, -0.15) is 0 Å². The van der Waals surface area contributed by atoms with Gasteiger partial charge in [0.05, 0.1) is 0 Å². The van der Waals surface area contributed by atoms with Gasteiger partial charge in [-0.15, -0.1) is 0 Å². The van der Waals surface area contributed by atoms with Crippen molar-refractivity contribution in [2.45, 2.75) is 51.6 Å². The molecule has 0 atom stereocenters. The molecule has 0 unspecified atom stereocenters. The average Bonchev–Trinajstić information content (AvgIpc) is 2.51. The number of nitrogens with zero attached hydrogens (tertiary/aromatic N) is 3. The summed E-state index contributed by atoms with van der Waals surface area (Å²) in [6.07, 6.45) is 5.38. The minimum Gasteiger partial charge on any atom is -0.248 e. The maximum absolute atomic E-state index is 12.4. The number of hydrogen-bond acceptors (Lipinski definition) is 3. The Kier molecular flexibility index (Phi) is 9.00. The van der Waals surface area contributed by atoms with E-state index >= 15 is 0 Å². The van der Waals surface area contributed by atoms with Gasteiger partial charge in [-0.3, -0.25) is 0 Å². The van der Waals surface area contributed by atoms with E-state index in [1.807, 2.05) is 0 Å². The van der Waals surface area contributed by atoms with Crippen molar-refractivity contribution in [2.75, 3.05) is 10.7 Å². The first-order valence-electron chi connectivity index (χ1n) is 7.57. The molecular weight excluding hydrogens is 418 g/mol. The SMILES string of the molecule is Cn1c(=O)n(CCCCCBr)c(=O)n(CCCCCBr)c1=O. The fraction of sp³-hybridized carbons (Fsp3) is 0.786. The first-order chi connectivity index (χ1) is 10.5. The third kappa shape index (κ3) is 5.22. The lowest BCUT2D eigenvalue weighted by Gasteiger charge is -2.11. The standard InChI is InChI=1S/C14H23Br2N3O3/c1-17-12(20)18(10-6-2-4-8-15)14(22)19(13(17)21)11-7-3-5-9-16/h2-11H2,1H3. The Morgan fingerprint density at radius 1 is 0.682 bits per heavy atom. The second-order valence-electron chi connectivity index (χ2n) is 5.21. The molecule has 1 aromatic rings. The van der Waals surface area contributed by atoms with Crippen molar-refractivity contribution in [1.29, 1.82) is 0 Å². The van der Waals surface area contributed by atoms with Gasteiger partial charge in [-0.05, 0) is 25.7 Å². The molecule has 0 aliphatic heterocycles. The van der Waals surface area contributed by atoms with E-state index in [2.05, 4.69) is 31.9 Å². The predicted octanol–water partition coefficient (Wildman–Crippen LogP) is 1.84. The van der Waals surface area contributed by atoms with Crippen LogP contribution in [-0.4, -0.2) is 24.4 Å². The van der Waals surface area contributed by atoms with Gasteiger partial charge in [0.25, 0.3) is 0 Å². The first kappa shape index (κ1) is 19.4. The fourth-order valence-corrected chi connectivity index (χ4v) is 3.01. The molecule has 6 nitrogen and oxygen atoms in total. The molecule has 0 aliphatic rings. The molecule has 0 N–H and O–H groups in total. The molecule has 0 saturated carbocycles. The zero-order chi connectivity index (χ0) is 16.5. The van der Waals surface area contributed by atoms with Crippen molar-refractivity contribution in [2.24, 2.45) is 7.05 Å². The van der Waals surface area contributed by atoms with Crippen molar-refractivity contribution < 1.29 is 0 Å². The average molecular weight is 441 g/mol. The van der Waals surface area contributed by atoms with Crippen molar-refractivity contribution in [1.82, 2.24) is 13.7 Å². The molecule has 0 radical (unpaired) electrons. The predicted molar refractivity (Wildman–Crippen MR) is 95.5 cm³/mol. The minimum absolute atomic E-state index is 0.361. The van der Waals surface area contributed by atoms with Crippen LogP contribution in [0.15, 0.2) is 14.4 Å². The van der Waals surface area contributed by atoms with Gasteiger partial charge in [0, 0.05) is 30.8 Å². The van der Waals surface area contributed by atoms with Crippen molar-refractivity contribution >= 4 is 31.9 Å². The molecular formula is C14H23Br2N3O3. The Morgan fingerprint density at radius 3 is 1.45 bits per heavy atom. The number of halogens is 2. The van der Waals surface area contributed by atoms with Crippen molar-refractivity contribution in [3.05, 3.63) is 31.5 Å². The minimum atomic E-state index is -0.523. The third-order valence-corrected chi connectivity index (χ3v) is 4.65. The molecule has 0 spiro atoms. The van der Waals surface area contributed by atoms with Crippen LogP contribution in [0.4, 0.5) is 0 Å². The summed E-state index contributed by atoms with van der Waals surface area (Å²) in [6.45, 7) is 0.723. The van der Waals surface area contributed by atoms with Crippen LogP contribution in [-0.2, 0) is 20.1 Å². The first-order valence-corrected chi connectivity index (χ1v) is 9.81. The van der Waals surface area contributed by atoms with Crippen LogP contribution >= 0.6 is 31.9 Å². The Balaban J connectivity index is 2.97. The summed E-state index contributed by atoms with van der Waals surface area (Å²) in [6, 6.07) is 0.